The smallest absolute Gasteiger partial charge is 0.417 e. The molecule has 6 heteroatoms. The highest BCUT2D eigenvalue weighted by Crippen LogP contribution is 2.32. The molecule has 2 aromatic rings. The van der Waals surface area contributed by atoms with E-state index in [-0.39, 0.29) is 6.61 Å². The first-order valence-corrected chi connectivity index (χ1v) is 6.41. The van der Waals surface area contributed by atoms with Gasteiger partial charge in [0.05, 0.1) is 11.1 Å². The van der Waals surface area contributed by atoms with Crippen molar-refractivity contribution in [3.05, 3.63) is 64.7 Å². The zero-order valence-corrected chi connectivity index (χ0v) is 11.6. The van der Waals surface area contributed by atoms with Crippen molar-refractivity contribution in [3.63, 3.8) is 0 Å². The number of carbonyl (C=O) groups is 1. The van der Waals surface area contributed by atoms with Crippen LogP contribution >= 0.6 is 0 Å². The summed E-state index contributed by atoms with van der Waals surface area (Å²) in [5, 5.41) is 8.94. The van der Waals surface area contributed by atoms with Crippen LogP contribution in [0, 0.1) is 6.92 Å². The number of carboxylic acids is 1. The van der Waals surface area contributed by atoms with Gasteiger partial charge in [-0.25, -0.2) is 4.79 Å². The number of carboxylic acid groups (broad SMARTS) is 1. The highest BCUT2D eigenvalue weighted by atomic mass is 19.4. The van der Waals surface area contributed by atoms with Crippen molar-refractivity contribution in [2.24, 2.45) is 0 Å². The van der Waals surface area contributed by atoms with Crippen molar-refractivity contribution in [1.82, 2.24) is 0 Å². The van der Waals surface area contributed by atoms with Crippen molar-refractivity contribution in [2.45, 2.75) is 19.7 Å². The number of alkyl halides is 3. The summed E-state index contributed by atoms with van der Waals surface area (Å²) in [5.41, 5.74) is -0.709. The van der Waals surface area contributed by atoms with Gasteiger partial charge in [0.2, 0.25) is 0 Å². The standard InChI is InChI=1S/C16H13F3O3/c1-10-4-2-3-5-14(10)22-9-11-6-7-13(16(17,18)19)12(8-11)15(20)21/h2-8H,9H2,1H3,(H,20,21). The third kappa shape index (κ3) is 3.58. The monoisotopic (exact) mass is 310 g/mol. The fourth-order valence-corrected chi connectivity index (χ4v) is 1.98. The van der Waals surface area contributed by atoms with Crippen molar-refractivity contribution in [1.29, 1.82) is 0 Å². The molecule has 0 saturated heterocycles. The largest absolute Gasteiger partial charge is 0.489 e. The molecule has 0 spiro atoms. The molecule has 22 heavy (non-hydrogen) atoms. The second-order valence-electron chi connectivity index (χ2n) is 4.74. The van der Waals surface area contributed by atoms with Crippen LogP contribution < -0.4 is 4.74 Å². The molecule has 0 aliphatic heterocycles. The zero-order chi connectivity index (χ0) is 16.3. The normalized spacial score (nSPS) is 11.3. The van der Waals surface area contributed by atoms with Crippen LogP contribution in [0.3, 0.4) is 0 Å². The molecule has 0 amide bonds. The fraction of sp³-hybridized carbons (Fsp3) is 0.188. The molecule has 0 radical (unpaired) electrons. The molecule has 0 saturated carbocycles. The molecule has 1 N–H and O–H groups in total. The number of para-hydroxylation sites is 1. The van der Waals surface area contributed by atoms with Crippen LogP contribution in [0.1, 0.15) is 27.0 Å². The molecule has 0 fully saturated rings. The topological polar surface area (TPSA) is 46.5 Å². The second kappa shape index (κ2) is 6.09. The molecule has 0 aliphatic carbocycles. The number of aryl methyl sites for hydroxylation is 1. The molecular weight excluding hydrogens is 297 g/mol. The Kier molecular flexibility index (Phi) is 4.40. The van der Waals surface area contributed by atoms with E-state index in [2.05, 4.69) is 0 Å². The molecule has 3 nitrogen and oxygen atoms in total. The van der Waals surface area contributed by atoms with Crippen LogP contribution in [0.5, 0.6) is 5.75 Å². The molecule has 0 heterocycles. The minimum atomic E-state index is -4.71. The van der Waals surface area contributed by atoms with Gasteiger partial charge in [-0.05, 0) is 36.2 Å². The Bertz CT molecular complexity index is 693. The summed E-state index contributed by atoms with van der Waals surface area (Å²) in [6.07, 6.45) is -4.71. The third-order valence-electron chi connectivity index (χ3n) is 3.11. The lowest BCUT2D eigenvalue weighted by molar-refractivity contribution is -0.138. The number of hydrogen-bond acceptors (Lipinski definition) is 2. The minimum absolute atomic E-state index is 0.0106. The van der Waals surface area contributed by atoms with E-state index in [0.29, 0.717) is 11.3 Å². The first-order chi connectivity index (χ1) is 10.3. The summed E-state index contributed by atoms with van der Waals surface area (Å²) >= 11 is 0. The van der Waals surface area contributed by atoms with Gasteiger partial charge in [0.15, 0.2) is 0 Å². The molecule has 2 aromatic carbocycles. The molecule has 2 rings (SSSR count). The number of hydrogen-bond donors (Lipinski definition) is 1. The maximum atomic E-state index is 12.7. The Morgan fingerprint density at radius 3 is 2.45 bits per heavy atom. The maximum absolute atomic E-state index is 12.7. The summed E-state index contributed by atoms with van der Waals surface area (Å²) in [7, 11) is 0. The van der Waals surface area contributed by atoms with Gasteiger partial charge in [-0.2, -0.15) is 13.2 Å². The molecule has 0 atom stereocenters. The molecule has 116 valence electrons. The minimum Gasteiger partial charge on any atom is -0.489 e. The van der Waals surface area contributed by atoms with Crippen molar-refractivity contribution in [3.8, 4) is 5.75 Å². The lowest BCUT2D eigenvalue weighted by atomic mass is 10.0. The van der Waals surface area contributed by atoms with Crippen molar-refractivity contribution >= 4 is 5.97 Å². The SMILES string of the molecule is Cc1ccccc1OCc1ccc(C(F)(F)F)c(C(=O)O)c1. The lowest BCUT2D eigenvalue weighted by Crippen LogP contribution is -2.13. The van der Waals surface area contributed by atoms with Crippen LogP contribution in [0.25, 0.3) is 0 Å². The van der Waals surface area contributed by atoms with Crippen molar-refractivity contribution < 1.29 is 27.8 Å². The van der Waals surface area contributed by atoms with Crippen LogP contribution in [0.2, 0.25) is 0 Å². The maximum Gasteiger partial charge on any atom is 0.417 e. The first-order valence-electron chi connectivity index (χ1n) is 6.41. The predicted molar refractivity (Wildman–Crippen MR) is 73.9 cm³/mol. The van der Waals surface area contributed by atoms with E-state index in [1.807, 2.05) is 19.1 Å². The quantitative estimate of drug-likeness (QED) is 0.916. The summed E-state index contributed by atoms with van der Waals surface area (Å²) < 4.78 is 43.8. The third-order valence-corrected chi connectivity index (χ3v) is 3.11. The zero-order valence-electron chi connectivity index (χ0n) is 11.6. The van der Waals surface area contributed by atoms with Gasteiger partial charge in [0.25, 0.3) is 0 Å². The highest BCUT2D eigenvalue weighted by molar-refractivity contribution is 5.89. The summed E-state index contributed by atoms with van der Waals surface area (Å²) in [5.74, 6) is -1.02. The summed E-state index contributed by atoms with van der Waals surface area (Å²) in [6, 6.07) is 10.2. The van der Waals surface area contributed by atoms with Gasteiger partial charge in [-0.1, -0.05) is 24.3 Å². The van der Waals surface area contributed by atoms with Crippen LogP contribution in [0.4, 0.5) is 13.2 Å². The predicted octanol–water partition coefficient (Wildman–Crippen LogP) is 4.29. The van der Waals surface area contributed by atoms with Gasteiger partial charge in [0, 0.05) is 0 Å². The Morgan fingerprint density at radius 1 is 1.18 bits per heavy atom. The Labute approximate surface area is 125 Å². The molecule has 0 aliphatic rings. The van der Waals surface area contributed by atoms with Gasteiger partial charge in [0.1, 0.15) is 12.4 Å². The van der Waals surface area contributed by atoms with Gasteiger partial charge in [-0.15, -0.1) is 0 Å². The van der Waals surface area contributed by atoms with E-state index in [1.165, 1.54) is 6.07 Å². The number of aromatic carboxylic acids is 1. The van der Waals surface area contributed by atoms with Crippen LogP contribution in [0.15, 0.2) is 42.5 Å². The van der Waals surface area contributed by atoms with E-state index in [0.717, 1.165) is 17.7 Å². The molecule has 0 unspecified atom stereocenters. The van der Waals surface area contributed by atoms with E-state index < -0.39 is 23.3 Å². The average Bonchev–Trinajstić information content (AvgIpc) is 2.45. The Morgan fingerprint density at radius 2 is 1.86 bits per heavy atom. The second-order valence-corrected chi connectivity index (χ2v) is 4.74. The number of benzene rings is 2. The fourth-order valence-electron chi connectivity index (χ4n) is 1.98. The Hall–Kier alpha value is -2.50. The average molecular weight is 310 g/mol. The summed E-state index contributed by atoms with van der Waals surface area (Å²) in [4.78, 5) is 11.0. The van der Waals surface area contributed by atoms with Crippen LogP contribution in [-0.2, 0) is 12.8 Å². The molecule has 0 bridgehead atoms. The molecular formula is C16H13F3O3. The van der Waals surface area contributed by atoms with Crippen molar-refractivity contribution in [2.75, 3.05) is 0 Å². The Balaban J connectivity index is 2.25. The van der Waals surface area contributed by atoms with E-state index in [4.69, 9.17) is 9.84 Å². The van der Waals surface area contributed by atoms with E-state index in [1.54, 1.807) is 12.1 Å². The molecule has 0 aromatic heterocycles. The lowest BCUT2D eigenvalue weighted by Gasteiger charge is -2.13. The van der Waals surface area contributed by atoms with Crippen LogP contribution in [-0.4, -0.2) is 11.1 Å². The summed E-state index contributed by atoms with van der Waals surface area (Å²) in [6.45, 7) is 1.83. The number of rotatable bonds is 4. The van der Waals surface area contributed by atoms with E-state index in [9.17, 15) is 18.0 Å². The number of ether oxygens (including phenoxy) is 1. The van der Waals surface area contributed by atoms with Gasteiger partial charge < -0.3 is 9.84 Å². The first kappa shape index (κ1) is 15.9. The van der Waals surface area contributed by atoms with Gasteiger partial charge >= 0.3 is 12.1 Å². The van der Waals surface area contributed by atoms with E-state index >= 15 is 0 Å². The highest BCUT2D eigenvalue weighted by Gasteiger charge is 2.35. The van der Waals surface area contributed by atoms with Gasteiger partial charge in [-0.3, -0.25) is 0 Å². The number of halogens is 3.